The van der Waals surface area contributed by atoms with Gasteiger partial charge in [-0.05, 0) is 54.9 Å². The molecule has 172 valence electrons. The van der Waals surface area contributed by atoms with Gasteiger partial charge < -0.3 is 17.2 Å². The maximum atomic E-state index is 12.3. The van der Waals surface area contributed by atoms with Crippen LogP contribution in [0.15, 0.2) is 65.7 Å². The molecule has 0 radical (unpaired) electrons. The quantitative estimate of drug-likeness (QED) is 0.544. The fourth-order valence-electron chi connectivity index (χ4n) is 4.92. The Balaban J connectivity index is 1.67. The molecule has 7 nitrogen and oxygen atoms in total. The number of amides is 2. The second-order valence-corrected chi connectivity index (χ2v) is 9.16. The van der Waals surface area contributed by atoms with E-state index in [4.69, 9.17) is 22.2 Å². The van der Waals surface area contributed by atoms with Gasteiger partial charge in [-0.2, -0.15) is 0 Å². The van der Waals surface area contributed by atoms with Gasteiger partial charge in [0.25, 0.3) is 11.8 Å². The van der Waals surface area contributed by atoms with Gasteiger partial charge in [-0.3, -0.25) is 9.59 Å². The molecule has 1 saturated carbocycles. The molecule has 5 rings (SSSR count). The number of carbonyl (C=O) groups is 2. The molecule has 0 saturated heterocycles. The number of benzene rings is 2. The highest BCUT2D eigenvalue weighted by Gasteiger charge is 2.34. The van der Waals surface area contributed by atoms with Crippen LogP contribution in [0.25, 0.3) is 0 Å². The molecule has 3 aromatic rings. The highest BCUT2D eigenvalue weighted by molar-refractivity contribution is 6.09. The minimum Gasteiger partial charge on any atom is -0.366 e. The van der Waals surface area contributed by atoms with Crippen molar-refractivity contribution in [2.45, 2.75) is 43.6 Å². The number of pyridine rings is 1. The van der Waals surface area contributed by atoms with Crippen LogP contribution in [0, 0.1) is 0 Å². The molecule has 1 aliphatic heterocycles. The molecule has 34 heavy (non-hydrogen) atoms. The van der Waals surface area contributed by atoms with Crippen LogP contribution in [0.1, 0.15) is 74.8 Å². The summed E-state index contributed by atoms with van der Waals surface area (Å²) >= 11 is 0. The summed E-state index contributed by atoms with van der Waals surface area (Å²) < 4.78 is 0. The summed E-state index contributed by atoms with van der Waals surface area (Å²) in [7, 11) is 0. The van der Waals surface area contributed by atoms with E-state index < -0.39 is 11.8 Å². The highest BCUT2D eigenvalue weighted by atomic mass is 16.1. The molecule has 2 aliphatic rings. The Kier molecular flexibility index (Phi) is 5.49. The lowest BCUT2D eigenvalue weighted by atomic mass is 9.72. The molecule has 0 bridgehead atoms. The number of rotatable bonds is 5. The van der Waals surface area contributed by atoms with E-state index in [1.807, 2.05) is 18.2 Å². The summed E-state index contributed by atoms with van der Waals surface area (Å²) in [6.07, 6.45) is 4.35. The Labute approximate surface area is 198 Å². The lowest BCUT2D eigenvalue weighted by Crippen LogP contribution is -2.43. The Morgan fingerprint density at radius 3 is 2.24 bits per heavy atom. The van der Waals surface area contributed by atoms with Gasteiger partial charge >= 0.3 is 0 Å². The molecular weight excluding hydrogens is 426 g/mol. The summed E-state index contributed by atoms with van der Waals surface area (Å²) in [5, 5.41) is 0. The van der Waals surface area contributed by atoms with Crippen molar-refractivity contribution in [3.63, 3.8) is 0 Å². The molecule has 1 atom stereocenters. The third-order valence-electron chi connectivity index (χ3n) is 7.02. The van der Waals surface area contributed by atoms with Crippen LogP contribution in [-0.4, -0.2) is 22.5 Å². The monoisotopic (exact) mass is 453 g/mol. The van der Waals surface area contributed by atoms with Crippen LogP contribution in [0.5, 0.6) is 0 Å². The van der Waals surface area contributed by atoms with Crippen LogP contribution >= 0.6 is 0 Å². The smallest absolute Gasteiger partial charge is 0.267 e. The van der Waals surface area contributed by atoms with Crippen molar-refractivity contribution >= 4 is 23.2 Å². The number of primary amides is 2. The molecule has 2 amide bonds. The van der Waals surface area contributed by atoms with Crippen LogP contribution < -0.4 is 17.2 Å². The maximum Gasteiger partial charge on any atom is 0.267 e. The van der Waals surface area contributed by atoms with Crippen molar-refractivity contribution in [1.29, 1.82) is 0 Å². The van der Waals surface area contributed by atoms with E-state index in [-0.39, 0.29) is 22.7 Å². The molecule has 0 spiro atoms. The van der Waals surface area contributed by atoms with E-state index in [0.29, 0.717) is 24.2 Å². The summed E-state index contributed by atoms with van der Waals surface area (Å²) in [5.74, 6) is -1.41. The zero-order valence-electron chi connectivity index (χ0n) is 18.8. The largest absolute Gasteiger partial charge is 0.366 e. The number of nitrogens with zero attached hydrogens (tertiary/aromatic N) is 2. The standard InChI is InChI=1S/C27H27N5O2/c28-25(33)20-15-22(26(29)34)31-21-12-11-19(16-5-2-1-3-6-16)23(32-24(20)21)17-7-9-18(10-8-17)27(30)13-4-14-27/h1-3,5-10,15,19H,4,11-14,30H2,(H2,28,33)(H2,29,34). The van der Waals surface area contributed by atoms with Gasteiger partial charge in [0, 0.05) is 11.5 Å². The summed E-state index contributed by atoms with van der Waals surface area (Å²) in [6, 6.07) is 19.7. The van der Waals surface area contributed by atoms with Crippen LogP contribution in [0.3, 0.4) is 0 Å². The second kappa shape index (κ2) is 8.50. The van der Waals surface area contributed by atoms with Crippen molar-refractivity contribution in [2.75, 3.05) is 0 Å². The SMILES string of the molecule is NC(=O)c1cc(C(N)=O)c2c(n1)CCC(c1ccccc1)C(c1ccc(C3(N)CCC3)cc1)=N2. The number of fused-ring (bicyclic) bond motifs is 1. The van der Waals surface area contributed by atoms with Crippen molar-refractivity contribution in [3.05, 3.63) is 94.3 Å². The molecule has 1 aromatic heterocycles. The fourth-order valence-corrected chi connectivity index (χ4v) is 4.92. The molecule has 1 aliphatic carbocycles. The van der Waals surface area contributed by atoms with E-state index in [2.05, 4.69) is 41.4 Å². The lowest BCUT2D eigenvalue weighted by molar-refractivity contribution is 0.0995. The van der Waals surface area contributed by atoms with Gasteiger partial charge in [-0.1, -0.05) is 54.6 Å². The molecule has 2 aromatic carbocycles. The van der Waals surface area contributed by atoms with Gasteiger partial charge in [-0.15, -0.1) is 0 Å². The number of aliphatic imine (C=N–C) groups is 1. The van der Waals surface area contributed by atoms with Crippen LogP contribution in [0.2, 0.25) is 0 Å². The topological polar surface area (TPSA) is 137 Å². The van der Waals surface area contributed by atoms with E-state index in [1.165, 1.54) is 6.07 Å². The first kappa shape index (κ1) is 22.0. The first-order chi connectivity index (χ1) is 16.4. The van der Waals surface area contributed by atoms with Crippen molar-refractivity contribution < 1.29 is 9.59 Å². The first-order valence-electron chi connectivity index (χ1n) is 11.5. The van der Waals surface area contributed by atoms with E-state index in [0.717, 1.165) is 41.7 Å². The number of nitrogens with two attached hydrogens (primary N) is 3. The molecular formula is C27H27N5O2. The number of aryl methyl sites for hydroxylation is 1. The third kappa shape index (κ3) is 3.88. The van der Waals surface area contributed by atoms with E-state index >= 15 is 0 Å². The molecule has 1 fully saturated rings. The van der Waals surface area contributed by atoms with Gasteiger partial charge in [0.2, 0.25) is 0 Å². The predicted molar refractivity (Wildman–Crippen MR) is 131 cm³/mol. The molecule has 6 N–H and O–H groups in total. The van der Waals surface area contributed by atoms with Crippen LogP contribution in [-0.2, 0) is 12.0 Å². The van der Waals surface area contributed by atoms with Gasteiger partial charge in [-0.25, -0.2) is 9.98 Å². The predicted octanol–water partition coefficient (Wildman–Crippen LogP) is 3.47. The van der Waals surface area contributed by atoms with Gasteiger partial charge in [0.15, 0.2) is 0 Å². The zero-order chi connectivity index (χ0) is 23.9. The number of hydrogen-bond donors (Lipinski definition) is 3. The molecule has 2 heterocycles. The fraction of sp³-hybridized carbons (Fsp3) is 0.259. The second-order valence-electron chi connectivity index (χ2n) is 9.16. The lowest BCUT2D eigenvalue weighted by Gasteiger charge is -2.38. The Morgan fingerprint density at radius 2 is 1.65 bits per heavy atom. The minimum absolute atomic E-state index is 0.0144. The average molecular weight is 454 g/mol. The normalized spacial score (nSPS) is 18.7. The van der Waals surface area contributed by atoms with Crippen molar-refractivity contribution in [1.82, 2.24) is 4.98 Å². The van der Waals surface area contributed by atoms with Crippen molar-refractivity contribution in [3.8, 4) is 0 Å². The summed E-state index contributed by atoms with van der Waals surface area (Å²) in [6.45, 7) is 0. The Bertz CT molecular complexity index is 1290. The van der Waals surface area contributed by atoms with Crippen LogP contribution in [0.4, 0.5) is 5.69 Å². The maximum absolute atomic E-state index is 12.3. The molecule has 7 heteroatoms. The summed E-state index contributed by atoms with van der Waals surface area (Å²) in [4.78, 5) is 33.5. The van der Waals surface area contributed by atoms with Crippen molar-refractivity contribution in [2.24, 2.45) is 22.2 Å². The summed E-state index contributed by atoms with van der Waals surface area (Å²) in [5.41, 5.74) is 22.5. The Hall–Kier alpha value is -3.84. The average Bonchev–Trinajstić information content (AvgIpc) is 3.02. The van der Waals surface area contributed by atoms with E-state index in [9.17, 15) is 9.59 Å². The van der Waals surface area contributed by atoms with Gasteiger partial charge in [0.1, 0.15) is 5.69 Å². The highest BCUT2D eigenvalue weighted by Crippen LogP contribution is 2.40. The third-order valence-corrected chi connectivity index (χ3v) is 7.02. The Morgan fingerprint density at radius 1 is 0.941 bits per heavy atom. The number of hydrogen-bond acceptors (Lipinski definition) is 5. The first-order valence-corrected chi connectivity index (χ1v) is 11.5. The zero-order valence-corrected chi connectivity index (χ0v) is 18.8. The molecule has 1 unspecified atom stereocenters. The van der Waals surface area contributed by atoms with Gasteiger partial charge in [0.05, 0.1) is 22.7 Å². The number of aromatic nitrogens is 1. The number of carbonyl (C=O) groups excluding carboxylic acids is 2. The van der Waals surface area contributed by atoms with E-state index in [1.54, 1.807) is 0 Å². The minimum atomic E-state index is -0.708.